The van der Waals surface area contributed by atoms with Gasteiger partial charge in [0, 0.05) is 19.6 Å². The van der Waals surface area contributed by atoms with E-state index in [0.29, 0.717) is 6.54 Å². The second kappa shape index (κ2) is 6.40. The highest BCUT2D eigenvalue weighted by Gasteiger charge is 2.37. The molecule has 0 atom stereocenters. The van der Waals surface area contributed by atoms with E-state index in [1.165, 1.54) is 11.1 Å². The Bertz CT molecular complexity index is 431. The van der Waals surface area contributed by atoms with Gasteiger partial charge >= 0.3 is 0 Å². The van der Waals surface area contributed by atoms with Crippen LogP contribution in [0.5, 0.6) is 0 Å². The van der Waals surface area contributed by atoms with Crippen LogP contribution >= 0.6 is 0 Å². The molecule has 1 aliphatic rings. The van der Waals surface area contributed by atoms with Crippen LogP contribution in [0, 0.1) is 5.41 Å². The molecular formula is C17H26N2O. The Morgan fingerprint density at radius 1 is 1.15 bits per heavy atom. The van der Waals surface area contributed by atoms with Crippen molar-refractivity contribution in [3.05, 3.63) is 35.4 Å². The largest absolute Gasteiger partial charge is 0.342 e. The van der Waals surface area contributed by atoms with E-state index in [2.05, 4.69) is 38.1 Å². The molecule has 3 heteroatoms. The highest BCUT2D eigenvalue weighted by Crippen LogP contribution is 2.29. The van der Waals surface area contributed by atoms with Crippen molar-refractivity contribution in [2.24, 2.45) is 11.1 Å². The summed E-state index contributed by atoms with van der Waals surface area (Å²) in [5.41, 5.74) is 8.31. The highest BCUT2D eigenvalue weighted by atomic mass is 16.2. The fraction of sp³-hybridized carbons (Fsp3) is 0.588. The molecule has 1 aromatic carbocycles. The van der Waals surface area contributed by atoms with Crippen LogP contribution in [-0.4, -0.2) is 30.4 Å². The molecule has 1 aliphatic heterocycles. The molecule has 0 fully saturated rings. The molecule has 0 saturated carbocycles. The van der Waals surface area contributed by atoms with E-state index in [9.17, 15) is 4.79 Å². The Labute approximate surface area is 122 Å². The zero-order valence-electron chi connectivity index (χ0n) is 12.7. The Morgan fingerprint density at radius 2 is 1.65 bits per heavy atom. The first-order chi connectivity index (χ1) is 9.66. The van der Waals surface area contributed by atoms with Gasteiger partial charge in [0.25, 0.3) is 0 Å². The minimum Gasteiger partial charge on any atom is -0.342 e. The van der Waals surface area contributed by atoms with Crippen molar-refractivity contribution < 1.29 is 4.79 Å². The van der Waals surface area contributed by atoms with E-state index in [1.54, 1.807) is 0 Å². The van der Waals surface area contributed by atoms with Crippen LogP contribution in [0.4, 0.5) is 0 Å². The predicted octanol–water partition coefficient (Wildman–Crippen LogP) is 2.38. The van der Waals surface area contributed by atoms with Crippen molar-refractivity contribution in [2.75, 3.05) is 19.6 Å². The highest BCUT2D eigenvalue weighted by molar-refractivity contribution is 5.83. The monoisotopic (exact) mass is 274 g/mol. The van der Waals surface area contributed by atoms with E-state index in [0.717, 1.165) is 38.8 Å². The average Bonchev–Trinajstić information content (AvgIpc) is 2.72. The number of carbonyl (C=O) groups is 1. The number of hydrogen-bond acceptors (Lipinski definition) is 2. The van der Waals surface area contributed by atoms with Gasteiger partial charge in [-0.1, -0.05) is 38.1 Å². The van der Waals surface area contributed by atoms with Crippen LogP contribution in [0.2, 0.25) is 0 Å². The summed E-state index contributed by atoms with van der Waals surface area (Å²) in [6, 6.07) is 8.52. The Hall–Kier alpha value is -1.35. The Morgan fingerprint density at radius 3 is 2.05 bits per heavy atom. The van der Waals surface area contributed by atoms with E-state index < -0.39 is 0 Å². The lowest BCUT2D eigenvalue weighted by molar-refractivity contribution is -0.142. The summed E-state index contributed by atoms with van der Waals surface area (Å²) in [6.45, 7) is 6.22. The molecule has 0 aromatic heterocycles. The number of rotatable bonds is 4. The third kappa shape index (κ3) is 2.73. The minimum atomic E-state index is -0.365. The maximum Gasteiger partial charge on any atom is 0.230 e. The van der Waals surface area contributed by atoms with Crippen LogP contribution in [0.1, 0.15) is 37.8 Å². The molecule has 110 valence electrons. The number of fused-ring (bicyclic) bond motifs is 1. The molecule has 0 saturated heterocycles. The smallest absolute Gasteiger partial charge is 0.230 e. The maximum absolute atomic E-state index is 12.9. The summed E-state index contributed by atoms with van der Waals surface area (Å²) in [4.78, 5) is 14.9. The quantitative estimate of drug-likeness (QED) is 0.916. The zero-order chi connectivity index (χ0) is 14.6. The Balaban J connectivity index is 2.14. The van der Waals surface area contributed by atoms with Crippen molar-refractivity contribution in [3.63, 3.8) is 0 Å². The molecule has 2 N–H and O–H groups in total. The molecule has 0 aliphatic carbocycles. The summed E-state index contributed by atoms with van der Waals surface area (Å²) in [7, 11) is 0. The van der Waals surface area contributed by atoms with Gasteiger partial charge in [-0.05, 0) is 36.8 Å². The summed E-state index contributed by atoms with van der Waals surface area (Å²) < 4.78 is 0. The molecule has 0 bridgehead atoms. The molecule has 20 heavy (non-hydrogen) atoms. The number of amides is 1. The van der Waals surface area contributed by atoms with Crippen LogP contribution in [-0.2, 0) is 17.6 Å². The lowest BCUT2D eigenvalue weighted by Gasteiger charge is -2.34. The number of nitrogens with two attached hydrogens (primary N) is 1. The molecule has 0 radical (unpaired) electrons. The summed E-state index contributed by atoms with van der Waals surface area (Å²) >= 11 is 0. The number of nitrogens with zero attached hydrogens (tertiary/aromatic N) is 1. The van der Waals surface area contributed by atoms with E-state index in [-0.39, 0.29) is 11.3 Å². The lowest BCUT2D eigenvalue weighted by Crippen LogP contribution is -2.48. The number of benzene rings is 1. The molecule has 3 nitrogen and oxygen atoms in total. The van der Waals surface area contributed by atoms with Crippen molar-refractivity contribution in [3.8, 4) is 0 Å². The van der Waals surface area contributed by atoms with Crippen molar-refractivity contribution in [1.82, 2.24) is 4.90 Å². The van der Waals surface area contributed by atoms with Gasteiger partial charge in [0.1, 0.15) is 0 Å². The van der Waals surface area contributed by atoms with E-state index in [4.69, 9.17) is 5.73 Å². The van der Waals surface area contributed by atoms with Crippen molar-refractivity contribution in [1.29, 1.82) is 0 Å². The fourth-order valence-electron chi connectivity index (χ4n) is 3.13. The lowest BCUT2D eigenvalue weighted by atomic mass is 9.81. The van der Waals surface area contributed by atoms with Crippen LogP contribution in [0.25, 0.3) is 0 Å². The predicted molar refractivity (Wildman–Crippen MR) is 82.5 cm³/mol. The summed E-state index contributed by atoms with van der Waals surface area (Å²) in [5, 5.41) is 0. The molecule has 2 rings (SSSR count). The first-order valence-electron chi connectivity index (χ1n) is 7.73. The zero-order valence-corrected chi connectivity index (χ0v) is 12.7. The summed E-state index contributed by atoms with van der Waals surface area (Å²) in [6.07, 6.45) is 3.55. The fourth-order valence-corrected chi connectivity index (χ4v) is 3.13. The maximum atomic E-state index is 12.9. The third-order valence-corrected chi connectivity index (χ3v) is 4.91. The Kier molecular flexibility index (Phi) is 4.81. The normalized spacial score (nSPS) is 15.7. The van der Waals surface area contributed by atoms with E-state index in [1.807, 2.05) is 4.90 Å². The first kappa shape index (κ1) is 15.0. The van der Waals surface area contributed by atoms with Gasteiger partial charge in [-0.2, -0.15) is 0 Å². The SMILES string of the molecule is CCC(CC)(CN)C(=O)N1CCc2ccccc2CC1. The first-order valence-corrected chi connectivity index (χ1v) is 7.73. The van der Waals surface area contributed by atoms with Crippen molar-refractivity contribution >= 4 is 5.91 Å². The van der Waals surface area contributed by atoms with Crippen LogP contribution in [0.15, 0.2) is 24.3 Å². The van der Waals surface area contributed by atoms with Crippen LogP contribution < -0.4 is 5.73 Å². The van der Waals surface area contributed by atoms with Gasteiger partial charge in [0.15, 0.2) is 0 Å². The van der Waals surface area contributed by atoms with Gasteiger partial charge in [-0.15, -0.1) is 0 Å². The van der Waals surface area contributed by atoms with Crippen molar-refractivity contribution in [2.45, 2.75) is 39.5 Å². The average molecular weight is 274 g/mol. The third-order valence-electron chi connectivity index (χ3n) is 4.91. The van der Waals surface area contributed by atoms with Gasteiger partial charge in [-0.3, -0.25) is 4.79 Å². The van der Waals surface area contributed by atoms with Crippen LogP contribution in [0.3, 0.4) is 0 Å². The molecule has 0 unspecified atom stereocenters. The molecule has 1 amide bonds. The topological polar surface area (TPSA) is 46.3 Å². The molecule has 1 heterocycles. The second-order valence-corrected chi connectivity index (χ2v) is 5.75. The molecule has 1 aromatic rings. The second-order valence-electron chi connectivity index (χ2n) is 5.75. The number of hydrogen-bond donors (Lipinski definition) is 1. The number of carbonyl (C=O) groups excluding carboxylic acids is 1. The standard InChI is InChI=1S/C17H26N2O/c1-3-17(4-2,13-18)16(20)19-11-9-14-7-5-6-8-15(14)10-12-19/h5-8H,3-4,9-13,18H2,1-2H3. The molecular weight excluding hydrogens is 248 g/mol. The molecule has 0 spiro atoms. The summed E-state index contributed by atoms with van der Waals surface area (Å²) in [5.74, 6) is 0.248. The van der Waals surface area contributed by atoms with Gasteiger partial charge in [0.05, 0.1) is 5.41 Å². The van der Waals surface area contributed by atoms with Gasteiger partial charge < -0.3 is 10.6 Å². The minimum absolute atomic E-state index is 0.248. The van der Waals surface area contributed by atoms with Gasteiger partial charge in [-0.25, -0.2) is 0 Å². The van der Waals surface area contributed by atoms with Gasteiger partial charge in [0.2, 0.25) is 5.91 Å². The van der Waals surface area contributed by atoms with E-state index >= 15 is 0 Å².